The van der Waals surface area contributed by atoms with Crippen molar-refractivity contribution in [3.8, 4) is 0 Å². The van der Waals surface area contributed by atoms with Crippen molar-refractivity contribution in [3.63, 3.8) is 0 Å². The van der Waals surface area contributed by atoms with E-state index in [-0.39, 0.29) is 0 Å². The van der Waals surface area contributed by atoms with Gasteiger partial charge in [0.25, 0.3) is 0 Å². The Morgan fingerprint density at radius 2 is 2.31 bits per heavy atom. The van der Waals surface area contributed by atoms with Crippen LogP contribution in [-0.2, 0) is 17.8 Å². The molecule has 0 fully saturated rings. The lowest BCUT2D eigenvalue weighted by Crippen LogP contribution is -2.24. The highest BCUT2D eigenvalue weighted by molar-refractivity contribution is 7.09. The van der Waals surface area contributed by atoms with Crippen LogP contribution < -0.4 is 5.73 Å². The maximum absolute atomic E-state index is 5.52. The summed E-state index contributed by atoms with van der Waals surface area (Å²) in [5.41, 5.74) is 6.62. The molecular formula is C11H21N3OS. The first-order chi connectivity index (χ1) is 7.61. The Balaban J connectivity index is 2.25. The van der Waals surface area contributed by atoms with Crippen LogP contribution in [0.2, 0.25) is 0 Å². The molecule has 0 aromatic carbocycles. The molecule has 0 aliphatic carbocycles. The van der Waals surface area contributed by atoms with E-state index in [0.717, 1.165) is 30.4 Å². The number of nitrogens with two attached hydrogens (primary N) is 1. The number of hydrogen-bond donors (Lipinski definition) is 1. The van der Waals surface area contributed by atoms with E-state index in [1.54, 1.807) is 11.3 Å². The Hall–Kier alpha value is -0.490. The Morgan fingerprint density at radius 1 is 1.56 bits per heavy atom. The van der Waals surface area contributed by atoms with E-state index in [4.69, 9.17) is 10.5 Å². The van der Waals surface area contributed by atoms with E-state index in [9.17, 15) is 0 Å². The summed E-state index contributed by atoms with van der Waals surface area (Å²) < 4.78 is 5.50. The van der Waals surface area contributed by atoms with E-state index < -0.39 is 0 Å². The molecule has 0 aliphatic rings. The SMILES string of the molecule is CC(C)OCCN(C)Cc1csc(CN)n1. The van der Waals surface area contributed by atoms with Crippen LogP contribution >= 0.6 is 11.3 Å². The number of rotatable bonds is 7. The van der Waals surface area contributed by atoms with Gasteiger partial charge in [0.1, 0.15) is 5.01 Å². The maximum Gasteiger partial charge on any atom is 0.106 e. The quantitative estimate of drug-likeness (QED) is 0.787. The predicted molar refractivity (Wildman–Crippen MR) is 67.4 cm³/mol. The third-order valence-corrected chi connectivity index (χ3v) is 3.05. The molecule has 0 bridgehead atoms. The summed E-state index contributed by atoms with van der Waals surface area (Å²) in [7, 11) is 2.07. The Kier molecular flexibility index (Phi) is 5.90. The van der Waals surface area contributed by atoms with Crippen molar-refractivity contribution in [2.45, 2.75) is 33.0 Å². The lowest BCUT2D eigenvalue weighted by molar-refractivity contribution is 0.0625. The summed E-state index contributed by atoms with van der Waals surface area (Å²) in [5, 5.41) is 3.07. The van der Waals surface area contributed by atoms with Crippen LogP contribution in [0.15, 0.2) is 5.38 Å². The van der Waals surface area contributed by atoms with Gasteiger partial charge in [0.05, 0.1) is 18.4 Å². The molecule has 1 aromatic heterocycles. The van der Waals surface area contributed by atoms with Gasteiger partial charge in [-0.15, -0.1) is 11.3 Å². The lowest BCUT2D eigenvalue weighted by atomic mass is 10.4. The van der Waals surface area contributed by atoms with Gasteiger partial charge in [-0.05, 0) is 20.9 Å². The molecule has 0 aliphatic heterocycles. The van der Waals surface area contributed by atoms with Gasteiger partial charge in [-0.25, -0.2) is 4.98 Å². The Morgan fingerprint density at radius 3 is 2.88 bits per heavy atom. The van der Waals surface area contributed by atoms with Crippen LogP contribution in [0, 0.1) is 0 Å². The number of ether oxygens (including phenoxy) is 1. The van der Waals surface area contributed by atoms with Gasteiger partial charge in [0.15, 0.2) is 0 Å². The summed E-state index contributed by atoms with van der Waals surface area (Å²) in [6.07, 6.45) is 0.302. The first kappa shape index (κ1) is 13.6. The fourth-order valence-electron chi connectivity index (χ4n) is 1.32. The van der Waals surface area contributed by atoms with Crippen molar-refractivity contribution in [1.82, 2.24) is 9.88 Å². The molecule has 2 N–H and O–H groups in total. The van der Waals surface area contributed by atoms with Crippen LogP contribution in [0.3, 0.4) is 0 Å². The number of likely N-dealkylation sites (N-methyl/N-ethyl adjacent to an activating group) is 1. The fraction of sp³-hybridized carbons (Fsp3) is 0.727. The van der Waals surface area contributed by atoms with E-state index in [1.807, 2.05) is 13.8 Å². The second kappa shape index (κ2) is 6.96. The minimum Gasteiger partial charge on any atom is -0.377 e. The zero-order valence-corrected chi connectivity index (χ0v) is 11.1. The molecule has 0 amide bonds. The first-order valence-corrected chi connectivity index (χ1v) is 6.43. The van der Waals surface area contributed by atoms with Gasteiger partial charge in [0.2, 0.25) is 0 Å². The van der Waals surface area contributed by atoms with Crippen molar-refractivity contribution < 1.29 is 4.74 Å². The van der Waals surface area contributed by atoms with Crippen molar-refractivity contribution in [3.05, 3.63) is 16.1 Å². The minimum absolute atomic E-state index is 0.302. The third kappa shape index (κ3) is 5.03. The van der Waals surface area contributed by atoms with Crippen molar-refractivity contribution in [2.24, 2.45) is 5.73 Å². The average Bonchev–Trinajstić information content (AvgIpc) is 2.65. The standard InChI is InChI=1S/C11H21N3OS/c1-9(2)15-5-4-14(3)7-10-8-16-11(6-12)13-10/h8-9H,4-7,12H2,1-3H3. The molecule has 0 saturated heterocycles. The van der Waals surface area contributed by atoms with Gasteiger partial charge >= 0.3 is 0 Å². The topological polar surface area (TPSA) is 51.4 Å². The molecular weight excluding hydrogens is 222 g/mol. The summed E-state index contributed by atoms with van der Waals surface area (Å²) in [4.78, 5) is 6.63. The van der Waals surface area contributed by atoms with Crippen LogP contribution in [0.4, 0.5) is 0 Å². The van der Waals surface area contributed by atoms with E-state index >= 15 is 0 Å². The number of hydrogen-bond acceptors (Lipinski definition) is 5. The molecule has 0 atom stereocenters. The van der Waals surface area contributed by atoms with Crippen LogP contribution in [0.1, 0.15) is 24.5 Å². The molecule has 5 heteroatoms. The summed E-state index contributed by atoms with van der Waals surface area (Å²) in [5.74, 6) is 0. The molecule has 16 heavy (non-hydrogen) atoms. The van der Waals surface area contributed by atoms with Gasteiger partial charge in [0, 0.05) is 25.0 Å². The van der Waals surface area contributed by atoms with Gasteiger partial charge in [-0.1, -0.05) is 0 Å². The number of thiazole rings is 1. The highest BCUT2D eigenvalue weighted by Crippen LogP contribution is 2.10. The van der Waals surface area contributed by atoms with Crippen LogP contribution in [-0.4, -0.2) is 36.2 Å². The largest absolute Gasteiger partial charge is 0.377 e. The molecule has 0 unspecified atom stereocenters. The van der Waals surface area contributed by atoms with Gasteiger partial charge in [-0.3, -0.25) is 4.90 Å². The normalized spacial score (nSPS) is 11.6. The zero-order chi connectivity index (χ0) is 12.0. The molecule has 0 saturated carbocycles. The van der Waals surface area contributed by atoms with E-state index in [1.165, 1.54) is 0 Å². The van der Waals surface area contributed by atoms with Gasteiger partial charge in [-0.2, -0.15) is 0 Å². The third-order valence-electron chi connectivity index (χ3n) is 2.13. The zero-order valence-electron chi connectivity index (χ0n) is 10.3. The van der Waals surface area contributed by atoms with E-state index in [0.29, 0.717) is 12.6 Å². The maximum atomic E-state index is 5.52. The molecule has 1 heterocycles. The molecule has 1 rings (SSSR count). The monoisotopic (exact) mass is 243 g/mol. The number of nitrogens with zero attached hydrogens (tertiary/aromatic N) is 2. The molecule has 1 aromatic rings. The van der Waals surface area contributed by atoms with Crippen LogP contribution in [0.5, 0.6) is 0 Å². The first-order valence-electron chi connectivity index (χ1n) is 5.55. The smallest absolute Gasteiger partial charge is 0.106 e. The second-order valence-corrected chi connectivity index (χ2v) is 5.04. The fourth-order valence-corrected chi connectivity index (χ4v) is 1.98. The summed E-state index contributed by atoms with van der Waals surface area (Å²) in [6, 6.07) is 0. The minimum atomic E-state index is 0.302. The Labute approximate surface area is 101 Å². The average molecular weight is 243 g/mol. The van der Waals surface area contributed by atoms with Crippen molar-refractivity contribution in [2.75, 3.05) is 20.2 Å². The molecule has 92 valence electrons. The van der Waals surface area contributed by atoms with E-state index in [2.05, 4.69) is 22.3 Å². The lowest BCUT2D eigenvalue weighted by Gasteiger charge is -2.16. The van der Waals surface area contributed by atoms with Crippen molar-refractivity contribution in [1.29, 1.82) is 0 Å². The van der Waals surface area contributed by atoms with Gasteiger partial charge < -0.3 is 10.5 Å². The van der Waals surface area contributed by atoms with Crippen LogP contribution in [0.25, 0.3) is 0 Å². The van der Waals surface area contributed by atoms with Crippen molar-refractivity contribution >= 4 is 11.3 Å². The molecule has 0 spiro atoms. The summed E-state index contributed by atoms with van der Waals surface area (Å²) in [6.45, 7) is 7.18. The highest BCUT2D eigenvalue weighted by Gasteiger charge is 2.04. The number of aromatic nitrogens is 1. The molecule has 4 nitrogen and oxygen atoms in total. The highest BCUT2D eigenvalue weighted by atomic mass is 32.1. The predicted octanol–water partition coefficient (Wildman–Crippen LogP) is 1.46. The Bertz CT molecular complexity index is 301. The molecule has 0 radical (unpaired) electrons. The second-order valence-electron chi connectivity index (χ2n) is 4.09. The summed E-state index contributed by atoms with van der Waals surface area (Å²) >= 11 is 1.63.